The van der Waals surface area contributed by atoms with Crippen molar-refractivity contribution in [2.24, 2.45) is 5.73 Å². The Morgan fingerprint density at radius 2 is 1.64 bits per heavy atom. The first-order chi connectivity index (χ1) is 5.09. The van der Waals surface area contributed by atoms with Crippen molar-refractivity contribution < 1.29 is 0 Å². The summed E-state index contributed by atoms with van der Waals surface area (Å²) in [6.07, 6.45) is 0. The summed E-state index contributed by atoms with van der Waals surface area (Å²) in [6.45, 7) is 2.00. The van der Waals surface area contributed by atoms with E-state index in [0.717, 1.165) is 0 Å². The third-order valence-electron chi connectivity index (χ3n) is 1.41. The van der Waals surface area contributed by atoms with Gasteiger partial charge in [0.15, 0.2) is 0 Å². The molecule has 2 N–H and O–H groups in total. The van der Waals surface area contributed by atoms with E-state index >= 15 is 0 Å². The summed E-state index contributed by atoms with van der Waals surface area (Å²) in [7, 11) is 0. The van der Waals surface area contributed by atoms with Gasteiger partial charge in [0.05, 0.1) is 0 Å². The van der Waals surface area contributed by atoms with Crippen LogP contribution in [0.25, 0.3) is 0 Å². The second-order valence-corrected chi connectivity index (χ2v) is 4.98. The van der Waals surface area contributed by atoms with E-state index in [1.54, 1.807) is 0 Å². The molecule has 0 fully saturated rings. The van der Waals surface area contributed by atoms with E-state index in [4.69, 9.17) is 5.73 Å². The summed E-state index contributed by atoms with van der Waals surface area (Å²) in [5.74, 6) is 0. The van der Waals surface area contributed by atoms with Gasteiger partial charge in [-0.15, -0.1) is 0 Å². The molecule has 0 radical (unpaired) electrons. The summed E-state index contributed by atoms with van der Waals surface area (Å²) in [4.78, 5) is 0. The molecule has 0 amide bonds. The standard InChI is InChI=1S/C8H9I2N/c1-5(11)6-2-7(9)4-8(10)3-6/h2-5H,11H2,1H3. The quantitative estimate of drug-likeness (QED) is 0.753. The summed E-state index contributed by atoms with van der Waals surface area (Å²) in [5, 5.41) is 0. The first kappa shape index (κ1) is 9.73. The molecule has 1 aromatic carbocycles. The molecule has 3 heteroatoms. The van der Waals surface area contributed by atoms with Gasteiger partial charge in [-0.05, 0) is 75.9 Å². The maximum absolute atomic E-state index is 5.74. The molecule has 0 spiro atoms. The van der Waals surface area contributed by atoms with Gasteiger partial charge >= 0.3 is 0 Å². The Labute approximate surface area is 94.0 Å². The van der Waals surface area contributed by atoms with E-state index in [0.29, 0.717) is 0 Å². The normalized spacial score (nSPS) is 13.1. The molecule has 0 aliphatic rings. The van der Waals surface area contributed by atoms with Gasteiger partial charge in [0.2, 0.25) is 0 Å². The monoisotopic (exact) mass is 373 g/mol. The van der Waals surface area contributed by atoms with Crippen LogP contribution < -0.4 is 5.73 Å². The van der Waals surface area contributed by atoms with E-state index in [-0.39, 0.29) is 6.04 Å². The molecule has 1 atom stereocenters. The van der Waals surface area contributed by atoms with Crippen LogP contribution >= 0.6 is 45.2 Å². The number of hydrogen-bond donors (Lipinski definition) is 1. The molecule has 0 bridgehead atoms. The molecule has 0 heterocycles. The lowest BCUT2D eigenvalue weighted by Gasteiger charge is -2.06. The van der Waals surface area contributed by atoms with Crippen LogP contribution in [0.2, 0.25) is 0 Å². The van der Waals surface area contributed by atoms with Crippen molar-refractivity contribution in [3.8, 4) is 0 Å². The van der Waals surface area contributed by atoms with Crippen molar-refractivity contribution in [2.75, 3.05) is 0 Å². The molecule has 0 saturated heterocycles. The molecule has 0 aromatic heterocycles. The number of rotatable bonds is 1. The molecule has 11 heavy (non-hydrogen) atoms. The second kappa shape index (κ2) is 4.04. The fraction of sp³-hybridized carbons (Fsp3) is 0.250. The van der Waals surface area contributed by atoms with Crippen LogP contribution in [0.3, 0.4) is 0 Å². The van der Waals surface area contributed by atoms with E-state index in [9.17, 15) is 0 Å². The van der Waals surface area contributed by atoms with Gasteiger partial charge in [-0.25, -0.2) is 0 Å². The molecule has 1 nitrogen and oxygen atoms in total. The third kappa shape index (κ3) is 2.87. The zero-order valence-electron chi connectivity index (χ0n) is 6.14. The maximum Gasteiger partial charge on any atom is 0.0266 e. The van der Waals surface area contributed by atoms with Gasteiger partial charge in [-0.1, -0.05) is 0 Å². The van der Waals surface area contributed by atoms with E-state index in [2.05, 4.69) is 63.4 Å². The highest BCUT2D eigenvalue weighted by Gasteiger charge is 2.00. The Morgan fingerprint density at radius 1 is 1.18 bits per heavy atom. The zero-order chi connectivity index (χ0) is 8.43. The van der Waals surface area contributed by atoms with Gasteiger partial charge in [-0.2, -0.15) is 0 Å². The topological polar surface area (TPSA) is 26.0 Å². The average Bonchev–Trinajstić information content (AvgIpc) is 1.85. The molecular formula is C8H9I2N. The predicted molar refractivity (Wildman–Crippen MR) is 64.5 cm³/mol. The van der Waals surface area contributed by atoms with Gasteiger partial charge < -0.3 is 5.73 Å². The Hall–Kier alpha value is 0.640. The number of benzene rings is 1. The van der Waals surface area contributed by atoms with Gasteiger partial charge in [-0.3, -0.25) is 0 Å². The zero-order valence-corrected chi connectivity index (χ0v) is 10.5. The number of halogens is 2. The second-order valence-electron chi connectivity index (χ2n) is 2.49. The van der Waals surface area contributed by atoms with Gasteiger partial charge in [0, 0.05) is 13.2 Å². The van der Waals surface area contributed by atoms with E-state index in [1.807, 2.05) is 6.92 Å². The molecule has 60 valence electrons. The summed E-state index contributed by atoms with van der Waals surface area (Å²) < 4.78 is 2.50. The van der Waals surface area contributed by atoms with Gasteiger partial charge in [0.1, 0.15) is 0 Å². The van der Waals surface area contributed by atoms with Crippen LogP contribution in [0.4, 0.5) is 0 Å². The Bertz CT molecular complexity index is 238. The molecule has 0 saturated carbocycles. The van der Waals surface area contributed by atoms with E-state index < -0.39 is 0 Å². The van der Waals surface area contributed by atoms with Crippen LogP contribution in [0.1, 0.15) is 18.5 Å². The molecule has 1 rings (SSSR count). The van der Waals surface area contributed by atoms with Crippen molar-refractivity contribution in [3.05, 3.63) is 30.9 Å². The molecular weight excluding hydrogens is 364 g/mol. The molecule has 0 aliphatic heterocycles. The highest BCUT2D eigenvalue weighted by molar-refractivity contribution is 14.1. The fourth-order valence-electron chi connectivity index (χ4n) is 0.838. The highest BCUT2D eigenvalue weighted by Crippen LogP contribution is 2.17. The SMILES string of the molecule is CC(N)c1cc(I)cc(I)c1. The van der Waals surface area contributed by atoms with Crippen LogP contribution in [0, 0.1) is 7.14 Å². The first-order valence-electron chi connectivity index (χ1n) is 3.31. The minimum atomic E-state index is 0.137. The molecule has 0 aliphatic carbocycles. The van der Waals surface area contributed by atoms with E-state index in [1.165, 1.54) is 12.7 Å². The van der Waals surface area contributed by atoms with Gasteiger partial charge in [0.25, 0.3) is 0 Å². The average molecular weight is 373 g/mol. The van der Waals surface area contributed by atoms with Crippen molar-refractivity contribution in [1.82, 2.24) is 0 Å². The van der Waals surface area contributed by atoms with Crippen LogP contribution in [-0.2, 0) is 0 Å². The van der Waals surface area contributed by atoms with Crippen LogP contribution in [0.5, 0.6) is 0 Å². The Morgan fingerprint density at radius 3 is 2.00 bits per heavy atom. The van der Waals surface area contributed by atoms with Crippen LogP contribution in [0.15, 0.2) is 18.2 Å². The summed E-state index contributed by atoms with van der Waals surface area (Å²) in [5.41, 5.74) is 6.95. The third-order valence-corrected chi connectivity index (χ3v) is 2.66. The lowest BCUT2D eigenvalue weighted by atomic mass is 10.1. The minimum absolute atomic E-state index is 0.137. The predicted octanol–water partition coefficient (Wildman–Crippen LogP) is 2.92. The van der Waals surface area contributed by atoms with Crippen LogP contribution in [-0.4, -0.2) is 0 Å². The van der Waals surface area contributed by atoms with Crippen molar-refractivity contribution >= 4 is 45.2 Å². The fourth-order valence-corrected chi connectivity index (χ4v) is 2.82. The lowest BCUT2D eigenvalue weighted by molar-refractivity contribution is 0.816. The first-order valence-corrected chi connectivity index (χ1v) is 5.47. The summed E-state index contributed by atoms with van der Waals surface area (Å²) >= 11 is 4.61. The van der Waals surface area contributed by atoms with Crippen molar-refractivity contribution in [2.45, 2.75) is 13.0 Å². The number of hydrogen-bond acceptors (Lipinski definition) is 1. The largest absolute Gasteiger partial charge is 0.324 e. The Balaban J connectivity index is 3.08. The number of nitrogens with two attached hydrogens (primary N) is 1. The van der Waals surface area contributed by atoms with Crippen molar-refractivity contribution in [3.63, 3.8) is 0 Å². The highest BCUT2D eigenvalue weighted by atomic mass is 127. The molecule has 1 unspecified atom stereocenters. The Kier molecular flexibility index (Phi) is 3.57. The minimum Gasteiger partial charge on any atom is -0.324 e. The molecule has 1 aromatic rings. The smallest absolute Gasteiger partial charge is 0.0266 e. The maximum atomic E-state index is 5.74. The summed E-state index contributed by atoms with van der Waals surface area (Å²) in [6, 6.07) is 6.51. The van der Waals surface area contributed by atoms with Crippen molar-refractivity contribution in [1.29, 1.82) is 0 Å². The lowest BCUT2D eigenvalue weighted by Crippen LogP contribution is -2.05.